The van der Waals surface area contributed by atoms with Gasteiger partial charge in [0.1, 0.15) is 17.1 Å². The highest BCUT2D eigenvalue weighted by Crippen LogP contribution is 2.44. The van der Waals surface area contributed by atoms with E-state index in [1.807, 2.05) is 30.3 Å². The maximum atomic E-state index is 12.9. The lowest BCUT2D eigenvalue weighted by atomic mass is 10.0. The highest BCUT2D eigenvalue weighted by molar-refractivity contribution is 8.00. The van der Waals surface area contributed by atoms with E-state index in [4.69, 9.17) is 4.42 Å². The van der Waals surface area contributed by atoms with Crippen molar-refractivity contribution in [2.45, 2.75) is 17.8 Å². The molecule has 1 aromatic carbocycles. The molecule has 162 valence electrons. The number of carbonyl (C=O) groups is 3. The van der Waals surface area contributed by atoms with Crippen LogP contribution in [0.2, 0.25) is 0 Å². The van der Waals surface area contributed by atoms with Crippen molar-refractivity contribution in [2.75, 3.05) is 5.75 Å². The lowest BCUT2D eigenvalue weighted by Gasteiger charge is -2.49. The quantitative estimate of drug-likeness (QED) is 0.427. The molecule has 1 unspecified atom stereocenters. The molecule has 1 fully saturated rings. The van der Waals surface area contributed by atoms with Crippen LogP contribution in [0.25, 0.3) is 15.9 Å². The summed E-state index contributed by atoms with van der Waals surface area (Å²) in [7, 11) is 0. The Hall–Kier alpha value is -2.82. The zero-order valence-corrected chi connectivity index (χ0v) is 19.0. The monoisotopic (exact) mass is 484 g/mol. The number of hydrogen-bond donors (Lipinski definition) is 2. The molecule has 5 rings (SSSR count). The summed E-state index contributed by atoms with van der Waals surface area (Å²) in [5, 5.41) is 1.84. The largest absolute Gasteiger partial charge is 0.459 e. The van der Waals surface area contributed by atoms with E-state index in [1.54, 1.807) is 6.07 Å². The van der Waals surface area contributed by atoms with Crippen LogP contribution in [0.4, 0.5) is 0 Å². The second-order valence-corrected chi connectivity index (χ2v) is 9.93. The summed E-state index contributed by atoms with van der Waals surface area (Å²) in [5.41, 5.74) is 1.57. The lowest BCUT2D eigenvalue weighted by Crippen LogP contribution is -2.70. The van der Waals surface area contributed by atoms with Crippen molar-refractivity contribution < 1.29 is 18.8 Å². The Morgan fingerprint density at radius 2 is 1.97 bits per heavy atom. The summed E-state index contributed by atoms with van der Waals surface area (Å²) < 4.78 is 5.88. The third-order valence-corrected chi connectivity index (χ3v) is 7.94. The van der Waals surface area contributed by atoms with Gasteiger partial charge in [-0.25, -0.2) is 0 Å². The smallest absolute Gasteiger partial charge is 0.253 e. The van der Waals surface area contributed by atoms with E-state index in [1.165, 1.54) is 40.3 Å². The molecule has 2 aliphatic heterocycles. The molecule has 32 heavy (non-hydrogen) atoms. The van der Waals surface area contributed by atoms with Crippen LogP contribution >= 0.6 is 35.7 Å². The third-order valence-electron chi connectivity index (χ3n) is 5.33. The normalized spacial score (nSPS) is 20.2. The van der Waals surface area contributed by atoms with Crippen LogP contribution < -0.4 is 10.7 Å². The van der Waals surface area contributed by atoms with Crippen LogP contribution in [0.5, 0.6) is 0 Å². The Kier molecular flexibility index (Phi) is 5.44. The highest BCUT2D eigenvalue weighted by atomic mass is 32.2. The standard InChI is InChI=1S/C22H16N2O5S3/c25-13-9-15(32-14-6-7-29-19(13)14)12-10-31-21-17(20(27)24(21)18(12)22(28)30)23-16(26)8-11-4-2-1-3-5-11/h1-7,9,17,21H,8,10H2,(H,23,26)(H,28,30)/t17?,21-/m1/s1. The molecular formula is C22H16N2O5S3. The van der Waals surface area contributed by atoms with Gasteiger partial charge in [-0.2, -0.15) is 0 Å². The van der Waals surface area contributed by atoms with Gasteiger partial charge in [-0.3, -0.25) is 24.1 Å². The Morgan fingerprint density at radius 3 is 2.72 bits per heavy atom. The fourth-order valence-corrected chi connectivity index (χ4v) is 6.61. The van der Waals surface area contributed by atoms with Crippen molar-refractivity contribution in [3.05, 3.63) is 75.1 Å². The number of nitrogens with one attached hydrogen (secondary N) is 1. The first-order valence-electron chi connectivity index (χ1n) is 9.70. The van der Waals surface area contributed by atoms with E-state index in [0.29, 0.717) is 20.9 Å². The molecule has 2 amide bonds. The Bertz CT molecular complexity index is 1340. The molecule has 0 radical (unpaired) electrons. The second-order valence-electron chi connectivity index (χ2n) is 7.34. The van der Waals surface area contributed by atoms with Gasteiger partial charge in [-0.15, -0.1) is 23.1 Å². The minimum absolute atomic E-state index is 0.161. The molecule has 4 heterocycles. The molecule has 0 saturated carbocycles. The molecule has 3 aromatic rings. The summed E-state index contributed by atoms with van der Waals surface area (Å²) in [6.07, 6.45) is 1.61. The molecule has 2 aliphatic rings. The molecule has 2 atom stereocenters. The van der Waals surface area contributed by atoms with Gasteiger partial charge >= 0.3 is 0 Å². The molecule has 7 nitrogen and oxygen atoms in total. The predicted octanol–water partition coefficient (Wildman–Crippen LogP) is 2.66. The zero-order chi connectivity index (χ0) is 22.4. The first-order valence-corrected chi connectivity index (χ1v) is 12.0. The maximum Gasteiger partial charge on any atom is 0.253 e. The van der Waals surface area contributed by atoms with Crippen LogP contribution in [-0.2, 0) is 20.8 Å². The number of β-lactam (4-membered cyclic amide) rings is 1. The highest BCUT2D eigenvalue weighted by Gasteiger charge is 2.53. The summed E-state index contributed by atoms with van der Waals surface area (Å²) in [4.78, 5) is 52.1. The van der Waals surface area contributed by atoms with Crippen molar-refractivity contribution in [1.29, 1.82) is 0 Å². The van der Waals surface area contributed by atoms with Gasteiger partial charge in [0.15, 0.2) is 5.58 Å². The van der Waals surface area contributed by atoms with Crippen molar-refractivity contribution in [3.8, 4) is 0 Å². The van der Waals surface area contributed by atoms with Crippen LogP contribution in [0.1, 0.15) is 10.4 Å². The van der Waals surface area contributed by atoms with Crippen LogP contribution in [0, 0.1) is 0 Å². The van der Waals surface area contributed by atoms with E-state index < -0.39 is 16.5 Å². The van der Waals surface area contributed by atoms with E-state index in [9.17, 15) is 19.2 Å². The van der Waals surface area contributed by atoms with Crippen molar-refractivity contribution in [3.63, 3.8) is 0 Å². The molecular weight excluding hydrogens is 468 g/mol. The predicted molar refractivity (Wildman–Crippen MR) is 126 cm³/mol. The number of nitrogens with zero attached hydrogens (tertiary/aromatic N) is 1. The van der Waals surface area contributed by atoms with Gasteiger partial charge in [0.25, 0.3) is 5.91 Å². The fourth-order valence-electron chi connectivity index (χ4n) is 3.85. The molecule has 1 N–H and O–H groups in total. The minimum Gasteiger partial charge on any atom is -0.459 e. The van der Waals surface area contributed by atoms with E-state index >= 15 is 0 Å². The molecule has 2 aromatic heterocycles. The number of furan rings is 1. The fraction of sp³-hybridized carbons (Fsp3) is 0.182. The van der Waals surface area contributed by atoms with Gasteiger partial charge in [0.05, 0.1) is 17.4 Å². The van der Waals surface area contributed by atoms with E-state index in [0.717, 1.165) is 5.56 Å². The lowest BCUT2D eigenvalue weighted by molar-refractivity contribution is -0.146. The average Bonchev–Trinajstić information content (AvgIpc) is 3.26. The number of fused-ring (bicyclic) bond motifs is 2. The number of carbonyl (C=O) groups excluding carboxylic acids is 3. The van der Waals surface area contributed by atoms with Crippen LogP contribution in [-0.4, -0.2) is 39.0 Å². The molecule has 0 aliphatic carbocycles. The Morgan fingerprint density at radius 1 is 1.19 bits per heavy atom. The van der Waals surface area contributed by atoms with Crippen molar-refractivity contribution in [2.24, 2.45) is 0 Å². The van der Waals surface area contributed by atoms with Crippen LogP contribution in [0.3, 0.4) is 0 Å². The Labute approximate surface area is 195 Å². The maximum absolute atomic E-state index is 12.9. The Balaban J connectivity index is 1.41. The number of thiol groups is 1. The van der Waals surface area contributed by atoms with E-state index in [-0.39, 0.29) is 34.9 Å². The van der Waals surface area contributed by atoms with Gasteiger partial charge in [-0.05, 0) is 11.6 Å². The SMILES string of the molecule is O=C(Cc1ccccc1)NC1C(=O)N2C(C(=O)S)=C(c3cc(=O)c4occc4s3)CS[C@H]12. The van der Waals surface area contributed by atoms with Gasteiger partial charge in [0.2, 0.25) is 16.5 Å². The van der Waals surface area contributed by atoms with Gasteiger partial charge < -0.3 is 9.73 Å². The summed E-state index contributed by atoms with van der Waals surface area (Å²) in [6, 6.07) is 11.7. The van der Waals surface area contributed by atoms with Crippen LogP contribution in [0.15, 0.2) is 63.6 Å². The number of benzene rings is 1. The van der Waals surface area contributed by atoms with Crippen molar-refractivity contribution in [1.82, 2.24) is 10.2 Å². The number of rotatable bonds is 5. The molecule has 1 saturated heterocycles. The average molecular weight is 485 g/mol. The van der Waals surface area contributed by atoms with E-state index in [2.05, 4.69) is 17.9 Å². The number of amides is 2. The number of hydrogen-bond acceptors (Lipinski definition) is 7. The van der Waals surface area contributed by atoms with Gasteiger partial charge in [0, 0.05) is 22.3 Å². The third kappa shape index (κ3) is 3.58. The first kappa shape index (κ1) is 21.0. The number of thioether (sulfide) groups is 1. The minimum atomic E-state index is -0.712. The summed E-state index contributed by atoms with van der Waals surface area (Å²) in [6.45, 7) is 0. The zero-order valence-electron chi connectivity index (χ0n) is 16.4. The molecule has 0 spiro atoms. The topological polar surface area (TPSA) is 96.7 Å². The second kappa shape index (κ2) is 8.27. The van der Waals surface area contributed by atoms with Crippen molar-refractivity contribution >= 4 is 68.5 Å². The molecule has 0 bridgehead atoms. The first-order chi connectivity index (χ1) is 15.4. The molecule has 10 heteroatoms. The van der Waals surface area contributed by atoms with Gasteiger partial charge in [-0.1, -0.05) is 43.0 Å². The summed E-state index contributed by atoms with van der Waals surface area (Å²) in [5.74, 6) is -0.220. The summed E-state index contributed by atoms with van der Waals surface area (Å²) >= 11 is 6.75.